The lowest BCUT2D eigenvalue weighted by Gasteiger charge is -2.04. The van der Waals surface area contributed by atoms with E-state index in [9.17, 15) is 4.79 Å². The van der Waals surface area contributed by atoms with Crippen molar-refractivity contribution < 1.29 is 0 Å². The van der Waals surface area contributed by atoms with Gasteiger partial charge in [-0.1, -0.05) is 30.0 Å². The van der Waals surface area contributed by atoms with Gasteiger partial charge in [-0.15, -0.1) is 11.3 Å². The molecule has 4 heterocycles. The van der Waals surface area contributed by atoms with E-state index in [2.05, 4.69) is 25.0 Å². The average Bonchev–Trinajstić information content (AvgIpc) is 3.34. The van der Waals surface area contributed by atoms with Gasteiger partial charge in [0.1, 0.15) is 21.9 Å². The summed E-state index contributed by atoms with van der Waals surface area (Å²) in [6, 6.07) is 11.7. The number of H-pyrrole nitrogens is 1. The van der Waals surface area contributed by atoms with Gasteiger partial charge in [-0.2, -0.15) is 5.10 Å². The van der Waals surface area contributed by atoms with Crippen molar-refractivity contribution in [2.24, 2.45) is 0 Å². The van der Waals surface area contributed by atoms with E-state index < -0.39 is 0 Å². The largest absolute Gasteiger partial charge is 0.309 e. The van der Waals surface area contributed by atoms with Crippen LogP contribution in [0.1, 0.15) is 5.82 Å². The third kappa shape index (κ3) is 2.90. The Kier molecular flexibility index (Phi) is 3.95. The highest BCUT2D eigenvalue weighted by Gasteiger charge is 2.12. The van der Waals surface area contributed by atoms with Gasteiger partial charge in [0.15, 0.2) is 5.65 Å². The summed E-state index contributed by atoms with van der Waals surface area (Å²) in [7, 11) is 0. The van der Waals surface area contributed by atoms with E-state index in [-0.39, 0.29) is 5.56 Å². The average molecular weight is 392 g/mol. The lowest BCUT2D eigenvalue weighted by atomic mass is 10.3. The first-order valence-corrected chi connectivity index (χ1v) is 9.99. The molecule has 0 amide bonds. The third-order valence-corrected chi connectivity index (χ3v) is 5.96. The molecule has 132 valence electrons. The van der Waals surface area contributed by atoms with Gasteiger partial charge in [-0.25, -0.2) is 19.6 Å². The Morgan fingerprint density at radius 2 is 2.04 bits per heavy atom. The number of rotatable bonds is 4. The second-order valence-corrected chi connectivity index (χ2v) is 7.62. The van der Waals surface area contributed by atoms with E-state index in [0.717, 1.165) is 27.3 Å². The van der Waals surface area contributed by atoms with E-state index >= 15 is 0 Å². The van der Waals surface area contributed by atoms with Crippen LogP contribution in [0.3, 0.4) is 0 Å². The molecule has 27 heavy (non-hydrogen) atoms. The number of hydrogen-bond donors (Lipinski definition) is 1. The Morgan fingerprint density at radius 1 is 1.15 bits per heavy atom. The molecule has 0 bridgehead atoms. The minimum atomic E-state index is -0.102. The summed E-state index contributed by atoms with van der Waals surface area (Å²) < 4.78 is 2.44. The highest BCUT2D eigenvalue weighted by atomic mass is 32.2. The monoisotopic (exact) mass is 392 g/mol. The molecule has 0 spiro atoms. The summed E-state index contributed by atoms with van der Waals surface area (Å²) in [4.78, 5) is 28.2. The minimum absolute atomic E-state index is 0.102. The Bertz CT molecular complexity index is 1310. The number of aromatic amines is 1. The van der Waals surface area contributed by atoms with Crippen LogP contribution in [0.5, 0.6) is 0 Å². The summed E-state index contributed by atoms with van der Waals surface area (Å²) in [5, 5.41) is 8.00. The number of aromatic nitrogens is 6. The zero-order chi connectivity index (χ0) is 18.2. The van der Waals surface area contributed by atoms with Crippen LogP contribution < -0.4 is 5.56 Å². The summed E-state index contributed by atoms with van der Waals surface area (Å²) >= 11 is 2.89. The Balaban J connectivity index is 1.48. The molecule has 0 saturated carbocycles. The van der Waals surface area contributed by atoms with Gasteiger partial charge in [0.2, 0.25) is 0 Å². The Hall–Kier alpha value is -3.04. The smallest absolute Gasteiger partial charge is 0.268 e. The number of thioether (sulfide) groups is 1. The van der Waals surface area contributed by atoms with Crippen LogP contribution in [0.2, 0.25) is 0 Å². The van der Waals surface area contributed by atoms with Gasteiger partial charge < -0.3 is 4.98 Å². The van der Waals surface area contributed by atoms with E-state index in [1.165, 1.54) is 29.4 Å². The first kappa shape index (κ1) is 16.2. The normalized spacial score (nSPS) is 11.4. The zero-order valence-corrected chi connectivity index (χ0v) is 15.5. The topological polar surface area (TPSA) is 89.4 Å². The fourth-order valence-corrected chi connectivity index (χ4v) is 4.38. The van der Waals surface area contributed by atoms with E-state index in [1.54, 1.807) is 10.9 Å². The second kappa shape index (κ2) is 6.60. The van der Waals surface area contributed by atoms with Gasteiger partial charge in [0, 0.05) is 0 Å². The number of nitrogens with one attached hydrogen (secondary N) is 1. The van der Waals surface area contributed by atoms with E-state index in [1.807, 2.05) is 41.8 Å². The molecule has 1 aromatic carbocycles. The molecule has 7 nitrogen and oxygen atoms in total. The molecule has 1 N–H and O–H groups in total. The molecule has 5 rings (SSSR count). The van der Waals surface area contributed by atoms with Gasteiger partial charge in [-0.05, 0) is 23.6 Å². The number of para-hydroxylation sites is 1. The molecule has 0 radical (unpaired) electrons. The van der Waals surface area contributed by atoms with Crippen LogP contribution in [0.15, 0.2) is 64.1 Å². The van der Waals surface area contributed by atoms with Crippen molar-refractivity contribution in [1.82, 2.24) is 29.7 Å². The Morgan fingerprint density at radius 3 is 2.93 bits per heavy atom. The van der Waals surface area contributed by atoms with Crippen molar-refractivity contribution in [2.75, 3.05) is 0 Å². The van der Waals surface area contributed by atoms with E-state index in [0.29, 0.717) is 16.3 Å². The molecule has 0 aliphatic heterocycles. The van der Waals surface area contributed by atoms with Crippen LogP contribution in [-0.2, 0) is 5.75 Å². The van der Waals surface area contributed by atoms with Gasteiger partial charge in [0.05, 0.1) is 28.5 Å². The second-order valence-electron chi connectivity index (χ2n) is 5.74. The van der Waals surface area contributed by atoms with Crippen LogP contribution in [0.4, 0.5) is 0 Å². The quantitative estimate of drug-likeness (QED) is 0.372. The number of hydrogen-bond acceptors (Lipinski definition) is 7. The van der Waals surface area contributed by atoms with Crippen LogP contribution in [-0.4, -0.2) is 29.7 Å². The third-order valence-electron chi connectivity index (χ3n) is 4.04. The van der Waals surface area contributed by atoms with Crippen molar-refractivity contribution >= 4 is 44.3 Å². The molecular weight excluding hydrogens is 380 g/mol. The standard InChI is InChI=1S/C18H12N6OS2/c25-17-15-13(6-7-26-15)22-14(23-17)9-27-18-12-8-21-24(16(12)19-10-20-18)11-4-2-1-3-5-11/h1-8,10H,9H2,(H,22,23,25). The van der Waals surface area contributed by atoms with E-state index in [4.69, 9.17) is 0 Å². The van der Waals surface area contributed by atoms with Gasteiger partial charge in [-0.3, -0.25) is 4.79 Å². The predicted octanol–water partition coefficient (Wildman–Crippen LogP) is 3.41. The lowest BCUT2D eigenvalue weighted by molar-refractivity contribution is 0.893. The predicted molar refractivity (Wildman–Crippen MR) is 106 cm³/mol. The van der Waals surface area contributed by atoms with Crippen molar-refractivity contribution in [2.45, 2.75) is 10.8 Å². The summed E-state index contributed by atoms with van der Waals surface area (Å²) in [5.74, 6) is 1.13. The first-order chi connectivity index (χ1) is 13.3. The van der Waals surface area contributed by atoms with Crippen molar-refractivity contribution in [1.29, 1.82) is 0 Å². The van der Waals surface area contributed by atoms with Crippen LogP contribution >= 0.6 is 23.1 Å². The fourth-order valence-electron chi connectivity index (χ4n) is 2.82. The number of benzene rings is 1. The highest BCUT2D eigenvalue weighted by Crippen LogP contribution is 2.27. The highest BCUT2D eigenvalue weighted by molar-refractivity contribution is 7.98. The molecule has 0 fully saturated rings. The molecule has 0 atom stereocenters. The molecule has 0 saturated heterocycles. The number of fused-ring (bicyclic) bond motifs is 2. The van der Waals surface area contributed by atoms with Crippen molar-refractivity contribution in [3.63, 3.8) is 0 Å². The number of thiophene rings is 1. The molecule has 4 aromatic heterocycles. The summed E-state index contributed by atoms with van der Waals surface area (Å²) in [6.07, 6.45) is 3.30. The van der Waals surface area contributed by atoms with Crippen molar-refractivity contribution in [3.8, 4) is 5.69 Å². The number of nitrogens with zero attached hydrogens (tertiary/aromatic N) is 5. The summed E-state index contributed by atoms with van der Waals surface area (Å²) in [5.41, 5.74) is 2.31. The van der Waals surface area contributed by atoms with Gasteiger partial charge in [0.25, 0.3) is 5.56 Å². The minimum Gasteiger partial charge on any atom is -0.309 e. The molecule has 9 heteroatoms. The Labute approximate surface area is 161 Å². The maximum absolute atomic E-state index is 12.1. The summed E-state index contributed by atoms with van der Waals surface area (Å²) in [6.45, 7) is 0. The SMILES string of the molecule is O=c1[nH]c(CSc2ncnc3c2cnn3-c2ccccc2)nc2ccsc12. The fraction of sp³-hybridized carbons (Fsp3) is 0.0556. The molecule has 0 aliphatic carbocycles. The maximum atomic E-state index is 12.1. The van der Waals surface area contributed by atoms with Crippen LogP contribution in [0.25, 0.3) is 26.9 Å². The maximum Gasteiger partial charge on any atom is 0.268 e. The van der Waals surface area contributed by atoms with Crippen LogP contribution in [0, 0.1) is 0 Å². The molecule has 0 aliphatic rings. The first-order valence-electron chi connectivity index (χ1n) is 8.13. The molecule has 0 unspecified atom stereocenters. The zero-order valence-electron chi connectivity index (χ0n) is 13.9. The molecular formula is C18H12N6OS2. The van der Waals surface area contributed by atoms with Crippen molar-refractivity contribution in [3.05, 3.63) is 70.5 Å². The lowest BCUT2D eigenvalue weighted by Crippen LogP contribution is -2.09. The van der Waals surface area contributed by atoms with Gasteiger partial charge >= 0.3 is 0 Å². The molecule has 5 aromatic rings.